The molecule has 0 N–H and O–H groups in total. The third kappa shape index (κ3) is 3.12. The van der Waals surface area contributed by atoms with Crippen LogP contribution in [0.4, 0.5) is 5.69 Å². The molecule has 1 amide bonds. The number of carbonyl (C=O) groups is 1. The molecule has 0 saturated carbocycles. The molecule has 0 heterocycles. The van der Waals surface area contributed by atoms with Crippen LogP contribution in [0.3, 0.4) is 0 Å². The third-order valence-corrected chi connectivity index (χ3v) is 5.07. The number of carbonyl (C=O) groups excluding carboxylic acids is 1. The minimum atomic E-state index is -3.86. The first kappa shape index (κ1) is 16.0. The summed E-state index contributed by atoms with van der Waals surface area (Å²) in [7, 11) is 1.14. The van der Waals surface area contributed by atoms with Crippen LogP contribution >= 0.6 is 0 Å². The molecule has 6 heteroatoms. The summed E-state index contributed by atoms with van der Waals surface area (Å²) >= 11 is 0. The zero-order valence-corrected chi connectivity index (χ0v) is 13.5. The molecule has 0 aliphatic heterocycles. The summed E-state index contributed by atoms with van der Waals surface area (Å²) in [6.07, 6.45) is 0. The molecule has 0 radical (unpaired) electrons. The summed E-state index contributed by atoms with van der Waals surface area (Å²) in [5, 5.41) is 0. The third-order valence-electron chi connectivity index (χ3n) is 3.32. The van der Waals surface area contributed by atoms with E-state index < -0.39 is 15.9 Å². The van der Waals surface area contributed by atoms with E-state index in [2.05, 4.69) is 0 Å². The van der Waals surface area contributed by atoms with Crippen LogP contribution in [-0.2, 0) is 10.0 Å². The fraction of sp³-hybridized carbons (Fsp3) is 0.188. The zero-order valence-electron chi connectivity index (χ0n) is 12.7. The lowest BCUT2D eigenvalue weighted by Gasteiger charge is -2.18. The monoisotopic (exact) mass is 318 g/mol. The first-order valence-electron chi connectivity index (χ1n) is 6.70. The molecule has 0 aromatic heterocycles. The van der Waals surface area contributed by atoms with Crippen LogP contribution in [0.25, 0.3) is 0 Å². The molecule has 5 nitrogen and oxygen atoms in total. The van der Waals surface area contributed by atoms with Crippen molar-refractivity contribution in [1.82, 2.24) is 4.31 Å². The fourth-order valence-electron chi connectivity index (χ4n) is 1.95. The Morgan fingerprint density at radius 3 is 1.91 bits per heavy atom. The Kier molecular flexibility index (Phi) is 4.51. The Morgan fingerprint density at radius 2 is 1.41 bits per heavy atom. The predicted molar refractivity (Wildman–Crippen MR) is 86.5 cm³/mol. The van der Waals surface area contributed by atoms with E-state index in [1.165, 1.54) is 19.2 Å². The minimum absolute atomic E-state index is 0.0879. The second-order valence-electron chi connectivity index (χ2n) is 5.03. The normalized spacial score (nSPS) is 11.0. The molecular formula is C16H18N2O3S. The van der Waals surface area contributed by atoms with Gasteiger partial charge in [0.25, 0.3) is 15.9 Å². The largest absolute Gasteiger partial charge is 0.378 e. The summed E-state index contributed by atoms with van der Waals surface area (Å²) in [6, 6.07) is 14.7. The van der Waals surface area contributed by atoms with Crippen molar-refractivity contribution < 1.29 is 13.2 Å². The first-order chi connectivity index (χ1) is 10.3. The lowest BCUT2D eigenvalue weighted by atomic mass is 10.2. The maximum absolute atomic E-state index is 12.5. The van der Waals surface area contributed by atoms with Crippen molar-refractivity contribution in [3.05, 3.63) is 60.2 Å². The Labute approximate surface area is 130 Å². The molecule has 2 aromatic rings. The molecule has 0 unspecified atom stereocenters. The van der Waals surface area contributed by atoms with Crippen LogP contribution in [0.1, 0.15) is 10.4 Å². The molecule has 0 bridgehead atoms. The van der Waals surface area contributed by atoms with Crippen LogP contribution in [-0.4, -0.2) is 39.8 Å². The number of sulfonamides is 1. The van der Waals surface area contributed by atoms with Crippen molar-refractivity contribution in [3.8, 4) is 0 Å². The fourth-order valence-corrected chi connectivity index (χ4v) is 3.07. The van der Waals surface area contributed by atoms with Crippen molar-refractivity contribution in [3.63, 3.8) is 0 Å². The van der Waals surface area contributed by atoms with Gasteiger partial charge >= 0.3 is 0 Å². The van der Waals surface area contributed by atoms with Crippen molar-refractivity contribution >= 4 is 21.6 Å². The summed E-state index contributed by atoms with van der Waals surface area (Å²) < 4.78 is 25.8. The molecule has 0 fully saturated rings. The average molecular weight is 318 g/mol. The molecule has 0 spiro atoms. The lowest BCUT2D eigenvalue weighted by Crippen LogP contribution is -2.33. The highest BCUT2D eigenvalue weighted by Crippen LogP contribution is 2.20. The van der Waals surface area contributed by atoms with Gasteiger partial charge < -0.3 is 4.90 Å². The molecule has 0 saturated heterocycles. The molecule has 22 heavy (non-hydrogen) atoms. The van der Waals surface area contributed by atoms with E-state index in [1.54, 1.807) is 42.5 Å². The Bertz CT molecular complexity index is 754. The minimum Gasteiger partial charge on any atom is -0.378 e. The predicted octanol–water partition coefficient (Wildman–Crippen LogP) is 2.21. The van der Waals surface area contributed by atoms with Crippen molar-refractivity contribution in [2.24, 2.45) is 0 Å². The zero-order chi connectivity index (χ0) is 16.3. The van der Waals surface area contributed by atoms with Gasteiger partial charge in [-0.25, -0.2) is 12.7 Å². The van der Waals surface area contributed by atoms with E-state index in [1.807, 2.05) is 19.0 Å². The van der Waals surface area contributed by atoms with E-state index in [9.17, 15) is 13.2 Å². The van der Waals surface area contributed by atoms with E-state index >= 15 is 0 Å². The van der Waals surface area contributed by atoms with Crippen LogP contribution < -0.4 is 4.90 Å². The van der Waals surface area contributed by atoms with Crippen molar-refractivity contribution in [2.45, 2.75) is 4.90 Å². The number of anilines is 1. The molecule has 116 valence electrons. The Hall–Kier alpha value is -2.34. The van der Waals surface area contributed by atoms with Crippen LogP contribution in [0, 0.1) is 0 Å². The number of hydrogen-bond acceptors (Lipinski definition) is 4. The van der Waals surface area contributed by atoms with Crippen LogP contribution in [0.15, 0.2) is 59.5 Å². The molecule has 2 rings (SSSR count). The lowest BCUT2D eigenvalue weighted by molar-refractivity contribution is 0.0883. The number of hydrogen-bond donors (Lipinski definition) is 0. The number of rotatable bonds is 4. The highest BCUT2D eigenvalue weighted by atomic mass is 32.2. The van der Waals surface area contributed by atoms with Crippen LogP contribution in [0.5, 0.6) is 0 Å². The maximum Gasteiger partial charge on any atom is 0.267 e. The van der Waals surface area contributed by atoms with Crippen molar-refractivity contribution in [1.29, 1.82) is 0 Å². The summed E-state index contributed by atoms with van der Waals surface area (Å²) in [5.74, 6) is -0.558. The Balaban J connectivity index is 2.31. The smallest absolute Gasteiger partial charge is 0.267 e. The van der Waals surface area contributed by atoms with E-state index in [4.69, 9.17) is 0 Å². The van der Waals surface area contributed by atoms with Gasteiger partial charge in [-0.1, -0.05) is 18.2 Å². The van der Waals surface area contributed by atoms with E-state index in [-0.39, 0.29) is 4.90 Å². The number of benzene rings is 2. The highest BCUT2D eigenvalue weighted by molar-refractivity contribution is 7.89. The van der Waals surface area contributed by atoms with E-state index in [0.29, 0.717) is 5.56 Å². The summed E-state index contributed by atoms with van der Waals surface area (Å²) in [4.78, 5) is 14.2. The molecule has 0 aliphatic rings. The molecule has 0 aliphatic carbocycles. The average Bonchev–Trinajstić information content (AvgIpc) is 2.54. The number of nitrogens with zero attached hydrogens (tertiary/aromatic N) is 2. The molecular weight excluding hydrogens is 300 g/mol. The van der Waals surface area contributed by atoms with Gasteiger partial charge in [0.15, 0.2) is 0 Å². The standard InChI is InChI=1S/C16H18N2O3S/c1-17(2)14-9-11-15(12-10-14)22(20,21)18(3)16(19)13-7-5-4-6-8-13/h4-12H,1-3H3. The van der Waals surface area contributed by atoms with Gasteiger partial charge in [-0.2, -0.15) is 0 Å². The van der Waals surface area contributed by atoms with Gasteiger partial charge in [-0.3, -0.25) is 4.79 Å². The SMILES string of the molecule is CN(C)c1ccc(S(=O)(=O)N(C)C(=O)c2ccccc2)cc1. The van der Waals surface area contributed by atoms with Gasteiger partial charge in [0.1, 0.15) is 0 Å². The van der Waals surface area contributed by atoms with Gasteiger partial charge in [0, 0.05) is 32.4 Å². The van der Waals surface area contributed by atoms with Gasteiger partial charge in [0.05, 0.1) is 4.90 Å². The highest BCUT2D eigenvalue weighted by Gasteiger charge is 2.26. The second kappa shape index (κ2) is 6.19. The number of amides is 1. The van der Waals surface area contributed by atoms with E-state index in [0.717, 1.165) is 9.99 Å². The summed E-state index contributed by atoms with van der Waals surface area (Å²) in [6.45, 7) is 0. The van der Waals surface area contributed by atoms with Gasteiger partial charge in [-0.15, -0.1) is 0 Å². The quantitative estimate of drug-likeness (QED) is 0.867. The Morgan fingerprint density at radius 1 is 0.864 bits per heavy atom. The van der Waals surface area contributed by atoms with Crippen LogP contribution in [0.2, 0.25) is 0 Å². The van der Waals surface area contributed by atoms with Crippen molar-refractivity contribution in [2.75, 3.05) is 26.0 Å². The molecule has 0 atom stereocenters. The second-order valence-corrected chi connectivity index (χ2v) is 7.00. The first-order valence-corrected chi connectivity index (χ1v) is 8.14. The maximum atomic E-state index is 12.5. The molecule has 2 aromatic carbocycles. The topological polar surface area (TPSA) is 57.7 Å². The van der Waals surface area contributed by atoms with Gasteiger partial charge in [0.2, 0.25) is 0 Å². The summed E-state index contributed by atoms with van der Waals surface area (Å²) in [5.41, 5.74) is 1.22. The van der Waals surface area contributed by atoms with Gasteiger partial charge in [-0.05, 0) is 36.4 Å².